The molecule has 0 radical (unpaired) electrons. The average molecular weight is 292 g/mol. The first-order chi connectivity index (χ1) is 9.85. The topological polar surface area (TPSA) is 77.8 Å². The van der Waals surface area contributed by atoms with Gasteiger partial charge >= 0.3 is 0 Å². The highest BCUT2D eigenvalue weighted by Gasteiger charge is 2.17. The van der Waals surface area contributed by atoms with E-state index in [1.807, 2.05) is 6.20 Å². The number of nitrogens with one attached hydrogen (secondary N) is 1. The summed E-state index contributed by atoms with van der Waals surface area (Å²) in [5, 5.41) is 3.65. The summed E-state index contributed by atoms with van der Waals surface area (Å²) < 4.78 is 7.37. The van der Waals surface area contributed by atoms with Crippen LogP contribution in [0.3, 0.4) is 0 Å². The van der Waals surface area contributed by atoms with Crippen LogP contribution >= 0.6 is 11.8 Å². The molecular formula is C12H16N6OS. The molecule has 106 valence electrons. The molecule has 3 rings (SSSR count). The highest BCUT2D eigenvalue weighted by Crippen LogP contribution is 2.22. The second-order valence-electron chi connectivity index (χ2n) is 4.41. The van der Waals surface area contributed by atoms with Gasteiger partial charge in [0.1, 0.15) is 6.33 Å². The summed E-state index contributed by atoms with van der Waals surface area (Å²) in [4.78, 5) is 17.1. The maximum Gasteiger partial charge on any atom is 0.240 e. The van der Waals surface area contributed by atoms with Gasteiger partial charge in [0, 0.05) is 31.8 Å². The van der Waals surface area contributed by atoms with E-state index in [2.05, 4.69) is 25.3 Å². The van der Waals surface area contributed by atoms with Crippen molar-refractivity contribution in [3.63, 3.8) is 0 Å². The highest BCUT2D eigenvalue weighted by atomic mass is 32.2. The van der Waals surface area contributed by atoms with Crippen molar-refractivity contribution in [3.05, 3.63) is 18.7 Å². The van der Waals surface area contributed by atoms with Crippen LogP contribution < -0.4 is 5.32 Å². The van der Waals surface area contributed by atoms with Gasteiger partial charge in [-0.15, -0.1) is 0 Å². The molecule has 20 heavy (non-hydrogen) atoms. The molecule has 0 spiro atoms. The molecule has 1 aliphatic rings. The fourth-order valence-electron chi connectivity index (χ4n) is 1.96. The van der Waals surface area contributed by atoms with Crippen LogP contribution in [0.15, 0.2) is 23.9 Å². The zero-order valence-corrected chi connectivity index (χ0v) is 12.0. The predicted octanol–water partition coefficient (Wildman–Crippen LogP) is 1.37. The molecule has 1 atom stereocenters. The molecule has 3 heterocycles. The van der Waals surface area contributed by atoms with Crippen LogP contribution in [0, 0.1) is 0 Å². The molecule has 0 saturated carbocycles. The Hall–Kier alpha value is -1.67. The van der Waals surface area contributed by atoms with Crippen LogP contribution in [0.4, 0.5) is 5.95 Å². The Morgan fingerprint density at radius 3 is 3.10 bits per heavy atom. The standard InChI is InChI=1S/C12H16N6OS/c1-13-10-15-11(18-5-4-14-8-18)17-12(16-10)20-7-9-3-2-6-19-9/h4-5,8-9H,2-3,6-7H2,1H3,(H,13,15,16,17). The summed E-state index contributed by atoms with van der Waals surface area (Å²) in [5.41, 5.74) is 0. The van der Waals surface area contributed by atoms with E-state index in [1.165, 1.54) is 0 Å². The summed E-state index contributed by atoms with van der Waals surface area (Å²) >= 11 is 1.60. The number of nitrogens with zero attached hydrogens (tertiary/aromatic N) is 5. The summed E-state index contributed by atoms with van der Waals surface area (Å²) in [7, 11) is 1.79. The molecule has 1 unspecified atom stereocenters. The van der Waals surface area contributed by atoms with Gasteiger partial charge in [0.25, 0.3) is 0 Å². The lowest BCUT2D eigenvalue weighted by atomic mass is 10.3. The lowest BCUT2D eigenvalue weighted by Crippen LogP contribution is -2.10. The normalized spacial score (nSPS) is 18.4. The van der Waals surface area contributed by atoms with Crippen LogP contribution in [0.2, 0.25) is 0 Å². The maximum atomic E-state index is 5.61. The van der Waals surface area contributed by atoms with Crippen LogP contribution in [0.25, 0.3) is 5.95 Å². The number of aromatic nitrogens is 5. The van der Waals surface area contributed by atoms with E-state index in [9.17, 15) is 0 Å². The smallest absolute Gasteiger partial charge is 0.240 e. The highest BCUT2D eigenvalue weighted by molar-refractivity contribution is 7.99. The van der Waals surface area contributed by atoms with Crippen molar-refractivity contribution in [1.82, 2.24) is 24.5 Å². The van der Waals surface area contributed by atoms with E-state index >= 15 is 0 Å². The molecule has 1 fully saturated rings. The molecule has 7 nitrogen and oxygen atoms in total. The Morgan fingerprint density at radius 1 is 1.45 bits per heavy atom. The zero-order valence-electron chi connectivity index (χ0n) is 11.2. The van der Waals surface area contributed by atoms with Gasteiger partial charge in [-0.1, -0.05) is 11.8 Å². The Bertz CT molecular complexity index is 555. The maximum absolute atomic E-state index is 5.61. The van der Waals surface area contributed by atoms with Crippen LogP contribution in [-0.2, 0) is 4.74 Å². The van der Waals surface area contributed by atoms with E-state index in [-0.39, 0.29) is 0 Å². The number of thioether (sulfide) groups is 1. The third kappa shape index (κ3) is 3.07. The fourth-order valence-corrected chi connectivity index (χ4v) is 2.85. The molecule has 8 heteroatoms. The Morgan fingerprint density at radius 2 is 2.40 bits per heavy atom. The van der Waals surface area contributed by atoms with E-state index in [0.29, 0.717) is 23.2 Å². The summed E-state index contributed by atoms with van der Waals surface area (Å²) in [6.45, 7) is 0.866. The minimum absolute atomic E-state index is 0.312. The summed E-state index contributed by atoms with van der Waals surface area (Å²) in [5.74, 6) is 1.99. The molecule has 1 aliphatic heterocycles. The van der Waals surface area contributed by atoms with Gasteiger partial charge in [-0.3, -0.25) is 4.57 Å². The largest absolute Gasteiger partial charge is 0.377 e. The van der Waals surface area contributed by atoms with Crippen molar-refractivity contribution in [1.29, 1.82) is 0 Å². The molecule has 2 aromatic heterocycles. The monoisotopic (exact) mass is 292 g/mol. The number of hydrogen-bond donors (Lipinski definition) is 1. The molecule has 1 N–H and O–H groups in total. The van der Waals surface area contributed by atoms with E-state index in [1.54, 1.807) is 35.9 Å². The molecule has 1 saturated heterocycles. The molecule has 0 aliphatic carbocycles. The summed E-state index contributed by atoms with van der Waals surface area (Å²) in [6, 6.07) is 0. The van der Waals surface area contributed by atoms with E-state index in [0.717, 1.165) is 25.2 Å². The number of imidazole rings is 1. The third-order valence-electron chi connectivity index (χ3n) is 2.98. The van der Waals surface area contributed by atoms with Crippen molar-refractivity contribution >= 4 is 17.7 Å². The molecule has 0 amide bonds. The first-order valence-corrected chi connectivity index (χ1v) is 7.50. The number of ether oxygens (including phenoxy) is 1. The van der Waals surface area contributed by atoms with Crippen LogP contribution in [-0.4, -0.2) is 50.0 Å². The van der Waals surface area contributed by atoms with Crippen molar-refractivity contribution in [2.24, 2.45) is 0 Å². The van der Waals surface area contributed by atoms with Gasteiger partial charge in [-0.25, -0.2) is 4.98 Å². The minimum atomic E-state index is 0.312. The first kappa shape index (κ1) is 13.3. The second kappa shape index (κ2) is 6.19. The second-order valence-corrected chi connectivity index (χ2v) is 5.39. The van der Waals surface area contributed by atoms with Gasteiger partial charge in [0.15, 0.2) is 5.16 Å². The van der Waals surface area contributed by atoms with Crippen molar-refractivity contribution in [3.8, 4) is 5.95 Å². The number of anilines is 1. The van der Waals surface area contributed by atoms with Crippen molar-refractivity contribution in [2.45, 2.75) is 24.1 Å². The van der Waals surface area contributed by atoms with Crippen LogP contribution in [0.5, 0.6) is 0 Å². The van der Waals surface area contributed by atoms with Gasteiger partial charge in [-0.05, 0) is 12.8 Å². The molecule has 0 bridgehead atoms. The van der Waals surface area contributed by atoms with Gasteiger partial charge < -0.3 is 10.1 Å². The van der Waals surface area contributed by atoms with Crippen molar-refractivity contribution in [2.75, 3.05) is 24.7 Å². The van der Waals surface area contributed by atoms with Gasteiger partial charge in [0.2, 0.25) is 11.9 Å². The quantitative estimate of drug-likeness (QED) is 0.834. The van der Waals surface area contributed by atoms with Crippen LogP contribution in [0.1, 0.15) is 12.8 Å². The Labute approximate surface area is 121 Å². The lowest BCUT2D eigenvalue weighted by Gasteiger charge is -2.09. The third-order valence-corrected chi connectivity index (χ3v) is 3.96. The number of rotatable bonds is 5. The SMILES string of the molecule is CNc1nc(SCC2CCCO2)nc(-n2ccnc2)n1. The molecule has 0 aromatic carbocycles. The Kier molecular flexibility index (Phi) is 4.12. The zero-order chi connectivity index (χ0) is 13.8. The summed E-state index contributed by atoms with van der Waals surface area (Å²) in [6.07, 6.45) is 7.75. The predicted molar refractivity (Wildman–Crippen MR) is 76.2 cm³/mol. The fraction of sp³-hybridized carbons (Fsp3) is 0.500. The van der Waals surface area contributed by atoms with Crippen molar-refractivity contribution < 1.29 is 4.74 Å². The van der Waals surface area contributed by atoms with E-state index in [4.69, 9.17) is 4.74 Å². The Balaban J connectivity index is 1.77. The van der Waals surface area contributed by atoms with Gasteiger partial charge in [-0.2, -0.15) is 15.0 Å². The number of hydrogen-bond acceptors (Lipinski definition) is 7. The van der Waals surface area contributed by atoms with Gasteiger partial charge in [0.05, 0.1) is 6.10 Å². The lowest BCUT2D eigenvalue weighted by molar-refractivity contribution is 0.129. The first-order valence-electron chi connectivity index (χ1n) is 6.52. The minimum Gasteiger partial charge on any atom is -0.377 e. The average Bonchev–Trinajstić information content (AvgIpc) is 3.17. The molecular weight excluding hydrogens is 276 g/mol. The molecule has 2 aromatic rings. The van der Waals surface area contributed by atoms with E-state index < -0.39 is 0 Å².